The molecular weight excluding hydrogens is 236 g/mol. The number of carboxylic acid groups (broad SMARTS) is 1. The van der Waals surface area contributed by atoms with E-state index in [2.05, 4.69) is 5.32 Å². The number of carbonyl (C=O) groups is 2. The molecule has 1 rings (SSSR count). The molecule has 2 N–H and O–H groups in total. The third kappa shape index (κ3) is 3.96. The molecule has 1 fully saturated rings. The molecule has 2 unspecified atom stereocenters. The molecule has 2 atom stereocenters. The number of nitrogens with one attached hydrogen (secondary N) is 1. The van der Waals surface area contributed by atoms with Gasteiger partial charge in [-0.15, -0.1) is 0 Å². The second-order valence-corrected chi connectivity index (χ2v) is 4.91. The van der Waals surface area contributed by atoms with E-state index < -0.39 is 11.9 Å². The number of amides is 1. The van der Waals surface area contributed by atoms with E-state index in [0.717, 1.165) is 0 Å². The second kappa shape index (κ2) is 6.70. The monoisotopic (exact) mass is 258 g/mol. The van der Waals surface area contributed by atoms with Crippen LogP contribution in [0.1, 0.15) is 20.3 Å². The molecule has 0 aromatic heterocycles. The van der Waals surface area contributed by atoms with Crippen LogP contribution in [0.4, 0.5) is 0 Å². The lowest BCUT2D eigenvalue weighted by molar-refractivity contribution is -0.144. The summed E-state index contributed by atoms with van der Waals surface area (Å²) in [6, 6.07) is -0.0151. The van der Waals surface area contributed by atoms with E-state index in [1.807, 2.05) is 13.8 Å². The van der Waals surface area contributed by atoms with Gasteiger partial charge in [-0.2, -0.15) is 0 Å². The highest BCUT2D eigenvalue weighted by Gasteiger charge is 2.38. The first-order valence-electron chi connectivity index (χ1n) is 6.23. The minimum absolute atomic E-state index is 0.0510. The van der Waals surface area contributed by atoms with Gasteiger partial charge in [-0.25, -0.2) is 0 Å². The van der Waals surface area contributed by atoms with Crippen LogP contribution in [0.3, 0.4) is 0 Å². The van der Waals surface area contributed by atoms with Crippen molar-refractivity contribution in [3.8, 4) is 0 Å². The number of aliphatic carboxylic acids is 1. The maximum absolute atomic E-state index is 11.9. The summed E-state index contributed by atoms with van der Waals surface area (Å²) in [5.41, 5.74) is 0. The summed E-state index contributed by atoms with van der Waals surface area (Å²) in [5.74, 6) is -1.57. The molecule has 0 aromatic carbocycles. The first kappa shape index (κ1) is 14.9. The molecule has 1 aliphatic rings. The fourth-order valence-electron chi connectivity index (χ4n) is 1.99. The summed E-state index contributed by atoms with van der Waals surface area (Å²) in [6.45, 7) is 5.11. The largest absolute Gasteiger partial charge is 0.481 e. The molecule has 18 heavy (non-hydrogen) atoms. The lowest BCUT2D eigenvalue weighted by Crippen LogP contribution is -2.45. The van der Waals surface area contributed by atoms with Gasteiger partial charge in [-0.3, -0.25) is 9.59 Å². The van der Waals surface area contributed by atoms with Gasteiger partial charge in [0.25, 0.3) is 0 Å². The molecule has 0 bridgehead atoms. The van der Waals surface area contributed by atoms with Gasteiger partial charge in [0.05, 0.1) is 19.3 Å². The lowest BCUT2D eigenvalue weighted by atomic mass is 10.0. The highest BCUT2D eigenvalue weighted by Crippen LogP contribution is 2.19. The Labute approximate surface area is 107 Å². The van der Waals surface area contributed by atoms with Gasteiger partial charge in [0.1, 0.15) is 5.92 Å². The average molecular weight is 258 g/mol. The summed E-state index contributed by atoms with van der Waals surface area (Å²) in [5, 5.41) is 12.2. The van der Waals surface area contributed by atoms with Crippen molar-refractivity contribution in [1.29, 1.82) is 0 Å². The summed E-state index contributed by atoms with van der Waals surface area (Å²) in [4.78, 5) is 24.4. The molecule has 1 aliphatic heterocycles. The summed E-state index contributed by atoms with van der Waals surface area (Å²) >= 11 is 0. The van der Waals surface area contributed by atoms with Crippen LogP contribution < -0.4 is 5.32 Å². The number of hydrogen-bond donors (Lipinski definition) is 2. The topological polar surface area (TPSA) is 78.9 Å². The van der Waals surface area contributed by atoms with Crippen molar-refractivity contribution < 1.29 is 19.4 Å². The van der Waals surface area contributed by atoms with Crippen molar-refractivity contribution >= 4 is 11.9 Å². The maximum Gasteiger partial charge on any atom is 0.311 e. The van der Waals surface area contributed by atoms with E-state index in [9.17, 15) is 9.59 Å². The van der Waals surface area contributed by atoms with Crippen LogP contribution in [-0.4, -0.2) is 60.8 Å². The fourth-order valence-corrected chi connectivity index (χ4v) is 1.99. The Hall–Kier alpha value is -1.14. The van der Waals surface area contributed by atoms with Crippen molar-refractivity contribution in [3.05, 3.63) is 0 Å². The molecule has 0 aromatic rings. The Morgan fingerprint density at radius 2 is 2.11 bits per heavy atom. The average Bonchev–Trinajstić information content (AvgIpc) is 2.76. The molecule has 0 spiro atoms. The van der Waals surface area contributed by atoms with Gasteiger partial charge < -0.3 is 20.1 Å². The summed E-state index contributed by atoms with van der Waals surface area (Å²) in [6.07, 6.45) is 0.373. The Balaban J connectivity index is 2.45. The third-order valence-corrected chi connectivity index (χ3v) is 3.15. The van der Waals surface area contributed by atoms with Crippen LogP contribution in [0.25, 0.3) is 0 Å². The van der Waals surface area contributed by atoms with E-state index in [1.54, 1.807) is 7.05 Å². The van der Waals surface area contributed by atoms with Gasteiger partial charge in [0.2, 0.25) is 5.91 Å². The molecular formula is C12H22N2O4. The highest BCUT2D eigenvalue weighted by atomic mass is 16.5. The molecule has 104 valence electrons. The number of carboxylic acids is 1. The third-order valence-electron chi connectivity index (χ3n) is 3.15. The van der Waals surface area contributed by atoms with Gasteiger partial charge in [0.15, 0.2) is 0 Å². The van der Waals surface area contributed by atoms with Gasteiger partial charge in [-0.05, 0) is 0 Å². The number of rotatable bonds is 6. The molecule has 1 heterocycles. The van der Waals surface area contributed by atoms with E-state index in [0.29, 0.717) is 25.6 Å². The smallest absolute Gasteiger partial charge is 0.311 e. The molecule has 6 heteroatoms. The Morgan fingerprint density at radius 1 is 1.44 bits per heavy atom. The van der Waals surface area contributed by atoms with E-state index in [4.69, 9.17) is 9.84 Å². The fraction of sp³-hybridized carbons (Fsp3) is 0.833. The molecule has 0 saturated carbocycles. The predicted molar refractivity (Wildman–Crippen MR) is 66.3 cm³/mol. The minimum Gasteiger partial charge on any atom is -0.481 e. The number of ether oxygens (including phenoxy) is 1. The van der Waals surface area contributed by atoms with Crippen LogP contribution in [-0.2, 0) is 14.3 Å². The predicted octanol–water partition coefficient (Wildman–Crippen LogP) is -0.0675. The van der Waals surface area contributed by atoms with Crippen LogP contribution in [0.15, 0.2) is 0 Å². The minimum atomic E-state index is -0.905. The van der Waals surface area contributed by atoms with Crippen LogP contribution in [0, 0.1) is 5.92 Å². The zero-order chi connectivity index (χ0) is 13.7. The molecule has 0 aliphatic carbocycles. The quantitative estimate of drug-likeness (QED) is 0.697. The van der Waals surface area contributed by atoms with Crippen LogP contribution >= 0.6 is 0 Å². The molecule has 1 saturated heterocycles. The lowest BCUT2D eigenvalue weighted by Gasteiger charge is -2.26. The van der Waals surface area contributed by atoms with Crippen molar-refractivity contribution in [2.75, 3.05) is 26.8 Å². The van der Waals surface area contributed by atoms with Gasteiger partial charge >= 0.3 is 5.97 Å². The van der Waals surface area contributed by atoms with Gasteiger partial charge in [0, 0.05) is 26.1 Å². The number of likely N-dealkylation sites (N-methyl/N-ethyl adjacent to an activating group) is 1. The van der Waals surface area contributed by atoms with Crippen molar-refractivity contribution in [2.45, 2.75) is 32.4 Å². The Bertz CT molecular complexity index is 306. The normalized spacial score (nSPS) is 23.3. The molecule has 0 radical (unpaired) electrons. The van der Waals surface area contributed by atoms with Crippen molar-refractivity contribution in [2.24, 2.45) is 5.92 Å². The zero-order valence-corrected chi connectivity index (χ0v) is 11.2. The summed E-state index contributed by atoms with van der Waals surface area (Å²) < 4.78 is 5.15. The van der Waals surface area contributed by atoms with E-state index in [-0.39, 0.29) is 18.6 Å². The zero-order valence-electron chi connectivity index (χ0n) is 11.2. The first-order valence-corrected chi connectivity index (χ1v) is 6.23. The van der Waals surface area contributed by atoms with Gasteiger partial charge in [-0.1, -0.05) is 13.8 Å². The van der Waals surface area contributed by atoms with Crippen LogP contribution in [0.5, 0.6) is 0 Å². The number of nitrogens with zero attached hydrogens (tertiary/aromatic N) is 1. The van der Waals surface area contributed by atoms with Crippen molar-refractivity contribution in [1.82, 2.24) is 10.2 Å². The molecule has 6 nitrogen and oxygen atoms in total. The summed E-state index contributed by atoms with van der Waals surface area (Å²) in [7, 11) is 1.65. The Kier molecular flexibility index (Phi) is 5.55. The first-order chi connectivity index (χ1) is 8.43. The highest BCUT2D eigenvalue weighted by molar-refractivity contribution is 5.78. The van der Waals surface area contributed by atoms with E-state index >= 15 is 0 Å². The van der Waals surface area contributed by atoms with Crippen LogP contribution in [0.2, 0.25) is 0 Å². The maximum atomic E-state index is 11.9. The Morgan fingerprint density at radius 3 is 2.67 bits per heavy atom. The number of hydrogen-bond acceptors (Lipinski definition) is 4. The number of carbonyl (C=O) groups excluding carboxylic acids is 1. The standard InChI is InChI=1S/C12H22N2O4/c1-8(2)13-5-4-11(15)14(3)10-7-18-6-9(10)12(16)17/h8-10,13H,4-7H2,1-3H3,(H,16,17). The second-order valence-electron chi connectivity index (χ2n) is 4.91. The SMILES string of the molecule is CC(C)NCCC(=O)N(C)C1COCC1C(=O)O. The van der Waals surface area contributed by atoms with E-state index in [1.165, 1.54) is 4.90 Å². The molecule has 1 amide bonds. The van der Waals surface area contributed by atoms with Crippen molar-refractivity contribution in [3.63, 3.8) is 0 Å².